The van der Waals surface area contributed by atoms with Gasteiger partial charge >= 0.3 is 5.97 Å². The third-order valence-electron chi connectivity index (χ3n) is 2.23. The first kappa shape index (κ1) is 14.6. The lowest BCUT2D eigenvalue weighted by molar-refractivity contribution is -0.141. The van der Waals surface area contributed by atoms with Gasteiger partial charge in [0, 0.05) is 5.56 Å². The van der Waals surface area contributed by atoms with E-state index in [4.69, 9.17) is 4.74 Å². The number of amides is 1. The van der Waals surface area contributed by atoms with E-state index >= 15 is 0 Å². The number of carbonyl (C=O) groups excluding carboxylic acids is 3. The zero-order chi connectivity index (χ0) is 14.1. The number of ether oxygens (including phenoxy) is 1. The predicted octanol–water partition coefficient (Wildman–Crippen LogP) is 1.10. The molecule has 1 radical (unpaired) electrons. The largest absolute Gasteiger partial charge is 0.465 e. The molecular formula is C14H14NO4. The molecular weight excluding hydrogens is 246 g/mol. The van der Waals surface area contributed by atoms with Gasteiger partial charge in [0.15, 0.2) is 0 Å². The SMILES string of the molecule is CCOC(=O)CNC(=O)c1ccccc1/C=C/[C]=O. The highest BCUT2D eigenvalue weighted by Gasteiger charge is 2.10. The molecule has 1 aromatic rings. The van der Waals surface area contributed by atoms with Gasteiger partial charge in [0.2, 0.25) is 6.29 Å². The molecule has 0 spiro atoms. The third kappa shape index (κ3) is 4.75. The van der Waals surface area contributed by atoms with Crippen molar-refractivity contribution in [2.45, 2.75) is 6.92 Å². The fourth-order valence-electron chi connectivity index (χ4n) is 1.43. The van der Waals surface area contributed by atoms with Crippen molar-refractivity contribution in [3.8, 4) is 0 Å². The second kappa shape index (κ2) is 7.81. The second-order valence-corrected chi connectivity index (χ2v) is 3.53. The Labute approximate surface area is 111 Å². The van der Waals surface area contributed by atoms with Crippen molar-refractivity contribution in [3.05, 3.63) is 41.5 Å². The van der Waals surface area contributed by atoms with Gasteiger partial charge in [-0.05, 0) is 24.6 Å². The Morgan fingerprint density at radius 2 is 2.11 bits per heavy atom. The normalized spacial score (nSPS) is 10.2. The monoisotopic (exact) mass is 260 g/mol. The van der Waals surface area contributed by atoms with Gasteiger partial charge < -0.3 is 10.1 Å². The van der Waals surface area contributed by atoms with Crippen LogP contribution in [0.1, 0.15) is 22.8 Å². The van der Waals surface area contributed by atoms with Crippen LogP contribution in [0.15, 0.2) is 30.3 Å². The van der Waals surface area contributed by atoms with Crippen LogP contribution < -0.4 is 5.32 Å². The summed E-state index contributed by atoms with van der Waals surface area (Å²) in [6.45, 7) is 1.77. The molecule has 0 saturated heterocycles. The molecule has 0 aromatic heterocycles. The molecule has 0 heterocycles. The highest BCUT2D eigenvalue weighted by molar-refractivity contribution is 5.99. The molecule has 1 rings (SSSR count). The molecule has 0 aliphatic rings. The van der Waals surface area contributed by atoms with E-state index in [9.17, 15) is 14.4 Å². The number of nitrogens with one attached hydrogen (secondary N) is 1. The highest BCUT2D eigenvalue weighted by atomic mass is 16.5. The fraction of sp³-hybridized carbons (Fsp3) is 0.214. The Balaban J connectivity index is 2.73. The maximum atomic E-state index is 11.9. The minimum absolute atomic E-state index is 0.190. The van der Waals surface area contributed by atoms with Crippen molar-refractivity contribution >= 4 is 24.2 Å². The Kier molecular flexibility index (Phi) is 6.02. The van der Waals surface area contributed by atoms with Crippen LogP contribution in [-0.4, -0.2) is 31.3 Å². The van der Waals surface area contributed by atoms with E-state index in [2.05, 4.69) is 5.32 Å². The molecule has 1 amide bonds. The number of hydrogen-bond acceptors (Lipinski definition) is 4. The van der Waals surface area contributed by atoms with E-state index in [1.807, 2.05) is 0 Å². The molecule has 0 atom stereocenters. The summed E-state index contributed by atoms with van der Waals surface area (Å²) >= 11 is 0. The molecule has 0 fully saturated rings. The van der Waals surface area contributed by atoms with Crippen LogP contribution in [0.5, 0.6) is 0 Å². The first-order chi connectivity index (χ1) is 9.19. The maximum absolute atomic E-state index is 11.9. The van der Waals surface area contributed by atoms with E-state index in [1.165, 1.54) is 12.2 Å². The van der Waals surface area contributed by atoms with Crippen molar-refractivity contribution < 1.29 is 19.1 Å². The van der Waals surface area contributed by atoms with Crippen LogP contribution in [0, 0.1) is 0 Å². The van der Waals surface area contributed by atoms with Gasteiger partial charge in [-0.15, -0.1) is 0 Å². The van der Waals surface area contributed by atoms with Crippen LogP contribution in [0.2, 0.25) is 0 Å². The van der Waals surface area contributed by atoms with Crippen LogP contribution in [0.25, 0.3) is 6.08 Å². The lowest BCUT2D eigenvalue weighted by atomic mass is 10.1. The topological polar surface area (TPSA) is 72.5 Å². The summed E-state index contributed by atoms with van der Waals surface area (Å²) in [6.07, 6.45) is 4.27. The molecule has 99 valence electrons. The highest BCUT2D eigenvalue weighted by Crippen LogP contribution is 2.10. The summed E-state index contributed by atoms with van der Waals surface area (Å²) in [7, 11) is 0. The van der Waals surface area contributed by atoms with Crippen LogP contribution in [0.4, 0.5) is 0 Å². The fourth-order valence-corrected chi connectivity index (χ4v) is 1.43. The zero-order valence-electron chi connectivity index (χ0n) is 10.5. The van der Waals surface area contributed by atoms with Gasteiger partial charge in [0.1, 0.15) is 6.54 Å². The summed E-state index contributed by atoms with van der Waals surface area (Å²) in [4.78, 5) is 33.2. The van der Waals surface area contributed by atoms with Gasteiger partial charge in [0.05, 0.1) is 6.61 Å². The van der Waals surface area contributed by atoms with Gasteiger partial charge in [0.25, 0.3) is 5.91 Å². The summed E-state index contributed by atoms with van der Waals surface area (Å²) in [6, 6.07) is 6.73. The molecule has 0 aliphatic heterocycles. The molecule has 0 aliphatic carbocycles. The van der Waals surface area contributed by atoms with Gasteiger partial charge in [-0.1, -0.05) is 24.3 Å². The van der Waals surface area contributed by atoms with Crippen LogP contribution >= 0.6 is 0 Å². The number of benzene rings is 1. The maximum Gasteiger partial charge on any atom is 0.325 e. The first-order valence-corrected chi connectivity index (χ1v) is 5.76. The van der Waals surface area contributed by atoms with Crippen molar-refractivity contribution in [3.63, 3.8) is 0 Å². The van der Waals surface area contributed by atoms with Gasteiger partial charge in [-0.3, -0.25) is 14.4 Å². The van der Waals surface area contributed by atoms with Crippen molar-refractivity contribution in [1.29, 1.82) is 0 Å². The molecule has 0 saturated carbocycles. The van der Waals surface area contributed by atoms with E-state index in [0.29, 0.717) is 11.1 Å². The standard InChI is InChI=1S/C14H14NO4/c1-2-19-13(17)10-15-14(18)12-8-4-3-6-11(12)7-5-9-16/h3-8H,2,10H2,1H3,(H,15,18)/b7-5+. The zero-order valence-corrected chi connectivity index (χ0v) is 10.5. The quantitative estimate of drug-likeness (QED) is 0.614. The number of rotatable bonds is 6. The lowest BCUT2D eigenvalue weighted by Crippen LogP contribution is -2.31. The minimum Gasteiger partial charge on any atom is -0.465 e. The molecule has 1 N–H and O–H groups in total. The first-order valence-electron chi connectivity index (χ1n) is 5.76. The average molecular weight is 260 g/mol. The second-order valence-electron chi connectivity index (χ2n) is 3.53. The molecule has 1 aromatic carbocycles. The van der Waals surface area contributed by atoms with Gasteiger partial charge in [-0.25, -0.2) is 0 Å². The molecule has 5 nitrogen and oxygen atoms in total. The van der Waals surface area contributed by atoms with E-state index in [1.54, 1.807) is 37.5 Å². The van der Waals surface area contributed by atoms with Crippen molar-refractivity contribution in [2.75, 3.05) is 13.2 Å². The summed E-state index contributed by atoms with van der Waals surface area (Å²) in [5, 5.41) is 2.45. The number of allylic oxidation sites excluding steroid dienone is 1. The van der Waals surface area contributed by atoms with E-state index < -0.39 is 11.9 Å². The summed E-state index contributed by atoms with van der Waals surface area (Å²) < 4.78 is 4.70. The summed E-state index contributed by atoms with van der Waals surface area (Å²) in [5.74, 6) is -0.899. The minimum atomic E-state index is -0.495. The van der Waals surface area contributed by atoms with Crippen molar-refractivity contribution in [1.82, 2.24) is 5.32 Å². The van der Waals surface area contributed by atoms with Gasteiger partial charge in [-0.2, -0.15) is 0 Å². The average Bonchev–Trinajstić information content (AvgIpc) is 2.43. The Hall–Kier alpha value is -2.43. The molecule has 5 heteroatoms. The van der Waals surface area contributed by atoms with Crippen LogP contribution in [-0.2, 0) is 14.3 Å². The lowest BCUT2D eigenvalue weighted by Gasteiger charge is -2.07. The molecule has 0 unspecified atom stereocenters. The third-order valence-corrected chi connectivity index (χ3v) is 2.23. The number of esters is 1. The Morgan fingerprint density at radius 3 is 2.79 bits per heavy atom. The molecule has 0 bridgehead atoms. The van der Waals surface area contributed by atoms with E-state index in [-0.39, 0.29) is 13.2 Å². The van der Waals surface area contributed by atoms with Crippen LogP contribution in [0.3, 0.4) is 0 Å². The molecule has 19 heavy (non-hydrogen) atoms. The van der Waals surface area contributed by atoms with E-state index in [0.717, 1.165) is 0 Å². The van der Waals surface area contributed by atoms with Crippen molar-refractivity contribution in [2.24, 2.45) is 0 Å². The Bertz CT molecular complexity index is 494. The summed E-state index contributed by atoms with van der Waals surface area (Å²) in [5.41, 5.74) is 0.950. The number of hydrogen-bond donors (Lipinski definition) is 1. The smallest absolute Gasteiger partial charge is 0.325 e. The Morgan fingerprint density at radius 1 is 1.37 bits per heavy atom. The number of carbonyl (C=O) groups is 2. The predicted molar refractivity (Wildman–Crippen MR) is 70.1 cm³/mol.